The van der Waals surface area contributed by atoms with E-state index in [9.17, 15) is 9.18 Å². The average Bonchev–Trinajstić information content (AvgIpc) is 3.22. The second-order valence-electron chi connectivity index (χ2n) is 8.83. The number of nitrogens with zero attached hydrogens (tertiary/aromatic N) is 2. The van der Waals surface area contributed by atoms with Crippen LogP contribution >= 0.6 is 23.2 Å². The smallest absolute Gasteiger partial charge is 0.242 e. The van der Waals surface area contributed by atoms with E-state index in [1.165, 1.54) is 12.1 Å². The van der Waals surface area contributed by atoms with E-state index in [4.69, 9.17) is 43.8 Å². The van der Waals surface area contributed by atoms with Crippen molar-refractivity contribution < 1.29 is 18.3 Å². The number of ether oxygens (including phenoxy) is 1. The lowest BCUT2D eigenvalue weighted by Crippen LogP contribution is -2.52. The molecule has 180 valence electrons. The van der Waals surface area contributed by atoms with Crippen LogP contribution in [0.25, 0.3) is 16.5 Å². The van der Waals surface area contributed by atoms with E-state index in [0.717, 1.165) is 11.1 Å². The molecule has 0 fully saturated rings. The molecule has 0 saturated heterocycles. The lowest BCUT2D eigenvalue weighted by molar-refractivity contribution is -0.135. The van der Waals surface area contributed by atoms with Crippen LogP contribution in [0.1, 0.15) is 44.4 Å². The standard InChI is InChI=1S/C24H25Cl2FN4O3/c1-12(18-16(25)4-5-17(27)19(18)26)34-21-20-14(10-30-22(21)28)15(11-33-20)13-6-8-31(9-7-13)23(32)24(2,3)29/h4-6,10-12H,7-9,29H2,1-3H3,(H2,28,30)/t12-/m1/s1. The number of aromatic nitrogens is 1. The van der Waals surface area contributed by atoms with Crippen molar-refractivity contribution in [2.24, 2.45) is 5.73 Å². The predicted octanol–water partition coefficient (Wildman–Crippen LogP) is 5.35. The Hall–Kier alpha value is -2.81. The fourth-order valence-corrected chi connectivity index (χ4v) is 4.68. The van der Waals surface area contributed by atoms with E-state index in [1.807, 2.05) is 6.08 Å². The lowest BCUT2D eigenvalue weighted by atomic mass is 9.97. The van der Waals surface area contributed by atoms with E-state index in [0.29, 0.717) is 36.0 Å². The van der Waals surface area contributed by atoms with Gasteiger partial charge in [-0.05, 0) is 44.9 Å². The number of carbonyl (C=O) groups is 1. The molecule has 3 aromatic rings. The number of rotatable bonds is 5. The van der Waals surface area contributed by atoms with Crippen LogP contribution in [0.15, 0.2) is 35.1 Å². The maximum Gasteiger partial charge on any atom is 0.242 e. The van der Waals surface area contributed by atoms with E-state index >= 15 is 0 Å². The summed E-state index contributed by atoms with van der Waals surface area (Å²) in [6.07, 6.45) is 5.10. The Morgan fingerprint density at radius 3 is 2.74 bits per heavy atom. The van der Waals surface area contributed by atoms with Gasteiger partial charge < -0.3 is 25.5 Å². The van der Waals surface area contributed by atoms with E-state index in [-0.39, 0.29) is 27.5 Å². The van der Waals surface area contributed by atoms with Crippen LogP contribution in [0.4, 0.5) is 10.2 Å². The first-order valence-electron chi connectivity index (χ1n) is 10.7. The Labute approximate surface area is 206 Å². The monoisotopic (exact) mass is 506 g/mol. The Morgan fingerprint density at radius 2 is 2.09 bits per heavy atom. The number of hydrogen-bond acceptors (Lipinski definition) is 6. The van der Waals surface area contributed by atoms with Crippen molar-refractivity contribution >= 4 is 51.5 Å². The molecule has 4 N–H and O–H groups in total. The zero-order chi connectivity index (χ0) is 24.8. The highest BCUT2D eigenvalue weighted by molar-refractivity contribution is 6.36. The van der Waals surface area contributed by atoms with E-state index in [1.54, 1.807) is 38.1 Å². The second-order valence-corrected chi connectivity index (χ2v) is 9.62. The molecule has 10 heteroatoms. The van der Waals surface area contributed by atoms with Crippen LogP contribution < -0.4 is 16.2 Å². The van der Waals surface area contributed by atoms with Gasteiger partial charge in [0.2, 0.25) is 11.7 Å². The van der Waals surface area contributed by atoms with Crippen LogP contribution in [-0.2, 0) is 4.79 Å². The van der Waals surface area contributed by atoms with Crippen molar-refractivity contribution in [2.45, 2.75) is 38.8 Å². The lowest BCUT2D eigenvalue weighted by Gasteiger charge is -2.31. The van der Waals surface area contributed by atoms with Crippen LogP contribution in [-0.4, -0.2) is 34.4 Å². The highest BCUT2D eigenvalue weighted by Gasteiger charge is 2.30. The molecule has 2 aromatic heterocycles. The molecule has 0 radical (unpaired) electrons. The molecule has 0 unspecified atom stereocenters. The minimum atomic E-state index is -0.925. The van der Waals surface area contributed by atoms with Crippen LogP contribution in [0.5, 0.6) is 5.75 Å². The van der Waals surface area contributed by atoms with Crippen molar-refractivity contribution in [3.63, 3.8) is 0 Å². The first-order valence-corrected chi connectivity index (χ1v) is 11.5. The summed E-state index contributed by atoms with van der Waals surface area (Å²) in [5.74, 6) is -0.376. The Bertz CT molecular complexity index is 1300. The number of pyridine rings is 1. The largest absolute Gasteiger partial charge is 0.478 e. The number of benzene rings is 1. The molecule has 1 aliphatic rings. The predicted molar refractivity (Wildman–Crippen MR) is 131 cm³/mol. The van der Waals surface area contributed by atoms with Gasteiger partial charge in [-0.25, -0.2) is 9.37 Å². The van der Waals surface area contributed by atoms with Gasteiger partial charge in [0.05, 0.1) is 22.2 Å². The van der Waals surface area contributed by atoms with Crippen molar-refractivity contribution in [1.82, 2.24) is 9.88 Å². The van der Waals surface area contributed by atoms with Crippen LogP contribution in [0.2, 0.25) is 10.0 Å². The van der Waals surface area contributed by atoms with Gasteiger partial charge in [-0.2, -0.15) is 0 Å². The number of anilines is 1. The molecule has 0 saturated carbocycles. The number of nitrogens with two attached hydrogens (primary N) is 2. The van der Waals surface area contributed by atoms with Gasteiger partial charge >= 0.3 is 0 Å². The van der Waals surface area contributed by atoms with Gasteiger partial charge in [-0.15, -0.1) is 0 Å². The first-order chi connectivity index (χ1) is 16.0. The van der Waals surface area contributed by atoms with Gasteiger partial charge in [-0.1, -0.05) is 29.3 Å². The number of nitrogen functional groups attached to an aromatic ring is 1. The SMILES string of the molecule is C[C@@H](Oc1c(N)ncc2c(C3=CCN(C(=O)C(C)(C)N)CC3)coc12)c1c(Cl)ccc(F)c1Cl. The van der Waals surface area contributed by atoms with E-state index < -0.39 is 17.5 Å². The summed E-state index contributed by atoms with van der Waals surface area (Å²) in [5, 5.41) is 0.855. The topological polar surface area (TPSA) is 108 Å². The summed E-state index contributed by atoms with van der Waals surface area (Å²) in [6.45, 7) is 6.06. The van der Waals surface area contributed by atoms with Gasteiger partial charge in [-0.3, -0.25) is 4.79 Å². The van der Waals surface area contributed by atoms with Crippen molar-refractivity contribution in [3.05, 3.63) is 57.7 Å². The molecular weight excluding hydrogens is 482 g/mol. The normalized spacial score (nSPS) is 15.4. The minimum Gasteiger partial charge on any atom is -0.478 e. The Kier molecular flexibility index (Phi) is 6.50. The summed E-state index contributed by atoms with van der Waals surface area (Å²) in [7, 11) is 0. The molecule has 7 nitrogen and oxygen atoms in total. The molecule has 3 heterocycles. The van der Waals surface area contributed by atoms with Gasteiger partial charge in [0.25, 0.3) is 0 Å². The van der Waals surface area contributed by atoms with Crippen LogP contribution in [0, 0.1) is 5.82 Å². The number of furan rings is 1. The van der Waals surface area contributed by atoms with Crippen molar-refractivity contribution in [2.75, 3.05) is 18.8 Å². The third-order valence-corrected chi connectivity index (χ3v) is 6.49. The maximum absolute atomic E-state index is 14.0. The number of amides is 1. The Balaban J connectivity index is 1.65. The van der Waals surface area contributed by atoms with Gasteiger partial charge in [0, 0.05) is 35.4 Å². The summed E-state index contributed by atoms with van der Waals surface area (Å²) < 4.78 is 25.9. The third kappa shape index (κ3) is 4.45. The molecule has 0 aliphatic carbocycles. The average molecular weight is 507 g/mol. The molecule has 34 heavy (non-hydrogen) atoms. The Morgan fingerprint density at radius 1 is 1.35 bits per heavy atom. The number of hydrogen-bond donors (Lipinski definition) is 2. The van der Waals surface area contributed by atoms with Crippen molar-refractivity contribution in [3.8, 4) is 5.75 Å². The first kappa shape index (κ1) is 24.3. The highest BCUT2D eigenvalue weighted by atomic mass is 35.5. The fourth-order valence-electron chi connectivity index (χ4n) is 4.00. The summed E-state index contributed by atoms with van der Waals surface area (Å²) in [6, 6.07) is 2.61. The number of fused-ring (bicyclic) bond motifs is 1. The van der Waals surface area contributed by atoms with Crippen LogP contribution in [0.3, 0.4) is 0 Å². The third-order valence-electron chi connectivity index (χ3n) is 5.78. The molecule has 0 bridgehead atoms. The molecule has 0 spiro atoms. The zero-order valence-corrected chi connectivity index (χ0v) is 20.5. The maximum atomic E-state index is 14.0. The molecular formula is C24H25Cl2FN4O3. The van der Waals surface area contributed by atoms with Gasteiger partial charge in [0.15, 0.2) is 11.4 Å². The molecule has 1 atom stereocenters. The fraction of sp³-hybridized carbons (Fsp3) is 0.333. The van der Waals surface area contributed by atoms with E-state index in [2.05, 4.69) is 4.98 Å². The summed E-state index contributed by atoms with van der Waals surface area (Å²) >= 11 is 12.4. The quantitative estimate of drug-likeness (QED) is 0.451. The summed E-state index contributed by atoms with van der Waals surface area (Å²) in [5.41, 5.74) is 13.7. The minimum absolute atomic E-state index is 0.103. The highest BCUT2D eigenvalue weighted by Crippen LogP contribution is 2.41. The number of carbonyl (C=O) groups excluding carboxylic acids is 1. The molecule has 1 aromatic carbocycles. The van der Waals surface area contributed by atoms with Crippen molar-refractivity contribution in [1.29, 1.82) is 0 Å². The second kappa shape index (κ2) is 9.09. The molecule has 4 rings (SSSR count). The zero-order valence-electron chi connectivity index (χ0n) is 19.0. The number of halogens is 3. The summed E-state index contributed by atoms with van der Waals surface area (Å²) in [4.78, 5) is 18.5. The van der Waals surface area contributed by atoms with Gasteiger partial charge in [0.1, 0.15) is 11.9 Å². The molecule has 1 amide bonds. The molecule has 1 aliphatic heterocycles.